The molecule has 0 rings (SSSR count). The van der Waals surface area contributed by atoms with Crippen molar-refractivity contribution in [2.75, 3.05) is 26.2 Å². The lowest BCUT2D eigenvalue weighted by Crippen LogP contribution is -2.50. The van der Waals surface area contributed by atoms with Gasteiger partial charge >= 0.3 is 5.97 Å². The number of carboxylic acids is 2. The normalized spacial score (nSPS) is 11.5. The number of carbonyl (C=O) groups is 2. The zero-order chi connectivity index (χ0) is 40.1. The zero-order valence-electron chi connectivity index (χ0n) is 37.5. The number of quaternary nitrogens is 1. The van der Waals surface area contributed by atoms with Crippen molar-refractivity contribution in [1.82, 2.24) is 0 Å². The van der Waals surface area contributed by atoms with Crippen molar-refractivity contribution >= 4 is 11.9 Å². The van der Waals surface area contributed by atoms with E-state index in [1.807, 2.05) is 0 Å². The van der Waals surface area contributed by atoms with Crippen LogP contribution in [-0.4, -0.2) is 47.7 Å². The van der Waals surface area contributed by atoms with Gasteiger partial charge in [0.1, 0.15) is 0 Å². The Kier molecular flexibility index (Phi) is 47.1. The van der Waals surface area contributed by atoms with Gasteiger partial charge in [-0.2, -0.15) is 0 Å². The summed E-state index contributed by atoms with van der Waals surface area (Å²) in [6.45, 7) is 15.2. The number of unbranched alkanes of at least 4 members (excludes halogenated alkanes) is 36. The van der Waals surface area contributed by atoms with Crippen LogP contribution < -0.4 is 5.11 Å². The van der Waals surface area contributed by atoms with Crippen LogP contribution in [0.5, 0.6) is 0 Å². The zero-order valence-corrected chi connectivity index (χ0v) is 37.5. The van der Waals surface area contributed by atoms with Gasteiger partial charge in [-0.3, -0.25) is 0 Å². The minimum absolute atomic E-state index is 1.37. The molecule has 0 atom stereocenters. The summed E-state index contributed by atoms with van der Waals surface area (Å²) >= 11 is 0. The molecule has 0 saturated heterocycles. The lowest BCUT2D eigenvalue weighted by Gasteiger charge is -2.38. The summed E-state index contributed by atoms with van der Waals surface area (Å²) in [5.41, 5.74) is 0. The van der Waals surface area contributed by atoms with Crippen LogP contribution in [0.4, 0.5) is 0 Å². The lowest BCUT2D eigenvalue weighted by molar-refractivity contribution is -0.927. The van der Waals surface area contributed by atoms with Crippen LogP contribution in [0.1, 0.15) is 278 Å². The van der Waals surface area contributed by atoms with Crippen LogP contribution in [0, 0.1) is 0 Å². The van der Waals surface area contributed by atoms with Crippen LogP contribution in [0.2, 0.25) is 0 Å². The smallest absolute Gasteiger partial charge is 0.351 e. The van der Waals surface area contributed by atoms with Gasteiger partial charge in [-0.25, -0.2) is 4.79 Å². The topological polar surface area (TPSA) is 77.4 Å². The van der Waals surface area contributed by atoms with Gasteiger partial charge in [0, 0.05) is 0 Å². The molecule has 0 aliphatic carbocycles. The summed E-state index contributed by atoms with van der Waals surface area (Å²) in [5.74, 6) is -4.01. The molecule has 0 aliphatic rings. The quantitative estimate of drug-likeness (QED) is 0.0381. The van der Waals surface area contributed by atoms with Crippen molar-refractivity contribution in [3.8, 4) is 0 Å². The lowest BCUT2D eigenvalue weighted by atomic mass is 10.0. The Morgan fingerprint density at radius 2 is 0.481 bits per heavy atom. The largest absolute Gasteiger partial charge is 0.539 e. The summed E-state index contributed by atoms with van der Waals surface area (Å²) in [7, 11) is 0. The van der Waals surface area contributed by atoms with Crippen LogP contribution in [0.15, 0.2) is 0 Å². The van der Waals surface area contributed by atoms with E-state index in [-0.39, 0.29) is 0 Å². The van der Waals surface area contributed by atoms with Crippen molar-refractivity contribution in [3.63, 3.8) is 0 Å². The highest BCUT2D eigenvalue weighted by Crippen LogP contribution is 2.20. The molecule has 0 heterocycles. The summed E-state index contributed by atoms with van der Waals surface area (Å²) in [4.78, 5) is 18.0. The van der Waals surface area contributed by atoms with E-state index in [2.05, 4.69) is 27.7 Å². The third-order valence-electron chi connectivity index (χ3n) is 12.1. The van der Waals surface area contributed by atoms with Crippen molar-refractivity contribution in [2.45, 2.75) is 278 Å². The first-order valence-electron chi connectivity index (χ1n) is 24.7. The minimum Gasteiger partial charge on any atom is -0.539 e. The molecule has 1 N–H and O–H groups in total. The second kappa shape index (κ2) is 46.3. The standard InChI is InChI=1S/C47H98N.C2H2O4/c1-5-9-12-15-18-21-24-27-30-33-36-39-42-45-48(8-4,46-43-40-37-34-31-28-25-22-19-16-13-10-6-2)47-44-41-38-35-32-29-26-23-20-17-14-11-7-3;3-1(4)2(5)6/h5-47H2,1-4H3;(H,3,4)(H,5,6)/q+1;/p-1. The van der Waals surface area contributed by atoms with E-state index in [1.165, 1.54) is 281 Å². The molecule has 0 fully saturated rings. The molecule has 0 spiro atoms. The predicted molar refractivity (Wildman–Crippen MR) is 235 cm³/mol. The van der Waals surface area contributed by atoms with E-state index in [9.17, 15) is 0 Å². The Morgan fingerprint density at radius 3 is 0.611 bits per heavy atom. The number of carbonyl (C=O) groups excluding carboxylic acids is 1. The van der Waals surface area contributed by atoms with Gasteiger partial charge < -0.3 is 19.5 Å². The third-order valence-corrected chi connectivity index (χ3v) is 12.1. The Morgan fingerprint density at radius 1 is 0.333 bits per heavy atom. The Balaban J connectivity index is 0. The minimum atomic E-state index is -2.07. The molecule has 5 nitrogen and oxygen atoms in total. The number of hydrogen-bond acceptors (Lipinski definition) is 3. The summed E-state index contributed by atoms with van der Waals surface area (Å²) in [5, 5.41) is 16.3. The maximum Gasteiger partial charge on any atom is 0.351 e. The molecule has 0 radical (unpaired) electrons. The fraction of sp³-hybridized carbons (Fsp3) is 0.959. The first-order valence-corrected chi connectivity index (χ1v) is 24.7. The number of aliphatic carboxylic acids is 2. The monoisotopic (exact) mass is 766 g/mol. The highest BCUT2D eigenvalue weighted by molar-refractivity contribution is 6.26. The van der Waals surface area contributed by atoms with E-state index in [1.54, 1.807) is 0 Å². The molecule has 0 saturated carbocycles. The van der Waals surface area contributed by atoms with Crippen molar-refractivity contribution < 1.29 is 24.3 Å². The third kappa shape index (κ3) is 43.6. The average molecular weight is 766 g/mol. The fourth-order valence-corrected chi connectivity index (χ4v) is 8.20. The molecule has 0 unspecified atom stereocenters. The van der Waals surface area contributed by atoms with E-state index in [0.717, 1.165) is 0 Å². The van der Waals surface area contributed by atoms with Crippen LogP contribution in [0.25, 0.3) is 0 Å². The molecule has 0 aromatic carbocycles. The van der Waals surface area contributed by atoms with E-state index in [4.69, 9.17) is 19.8 Å². The Labute approximate surface area is 339 Å². The number of carboxylic acid groups (broad SMARTS) is 2. The van der Waals surface area contributed by atoms with Crippen LogP contribution >= 0.6 is 0 Å². The second-order valence-electron chi connectivity index (χ2n) is 17.1. The van der Waals surface area contributed by atoms with E-state index in [0.29, 0.717) is 0 Å². The van der Waals surface area contributed by atoms with E-state index < -0.39 is 11.9 Å². The SMILES string of the molecule is CCCCCCCCCCCCCCC[N+](CC)(CCCCCCCCCCCCCCC)CCCCCCCCCCCCCCC.O=C([O-])C(=O)O. The molecule has 0 aromatic rings. The molecule has 54 heavy (non-hydrogen) atoms. The van der Waals surface area contributed by atoms with Gasteiger partial charge in [0.05, 0.1) is 26.2 Å². The van der Waals surface area contributed by atoms with Crippen molar-refractivity contribution in [2.24, 2.45) is 0 Å². The van der Waals surface area contributed by atoms with Gasteiger partial charge in [0.2, 0.25) is 0 Å². The molecule has 0 bridgehead atoms. The van der Waals surface area contributed by atoms with Crippen LogP contribution in [-0.2, 0) is 9.59 Å². The van der Waals surface area contributed by atoms with Crippen molar-refractivity contribution in [3.05, 3.63) is 0 Å². The molecule has 324 valence electrons. The summed E-state index contributed by atoms with van der Waals surface area (Å²) in [6, 6.07) is 0. The second-order valence-corrected chi connectivity index (χ2v) is 17.1. The average Bonchev–Trinajstić information content (AvgIpc) is 3.17. The molecular formula is C49H99NO4. The van der Waals surface area contributed by atoms with Crippen molar-refractivity contribution in [1.29, 1.82) is 0 Å². The van der Waals surface area contributed by atoms with Gasteiger partial charge in [-0.1, -0.05) is 233 Å². The number of rotatable bonds is 43. The van der Waals surface area contributed by atoms with Gasteiger partial charge in [-0.05, 0) is 45.4 Å². The fourth-order valence-electron chi connectivity index (χ4n) is 8.20. The Bertz CT molecular complexity index is 655. The summed E-state index contributed by atoms with van der Waals surface area (Å²) in [6.07, 6.45) is 57.3. The first kappa shape index (κ1) is 55.0. The molecule has 0 amide bonds. The maximum atomic E-state index is 9.04. The number of hydrogen-bond donors (Lipinski definition) is 1. The predicted octanol–water partition coefficient (Wildman–Crippen LogP) is 14.9. The molecule has 0 aromatic heterocycles. The Hall–Kier alpha value is -1.10. The number of nitrogens with zero attached hydrogens (tertiary/aromatic N) is 1. The molecular weight excluding hydrogens is 667 g/mol. The van der Waals surface area contributed by atoms with Crippen LogP contribution in [0.3, 0.4) is 0 Å². The highest BCUT2D eigenvalue weighted by atomic mass is 16.4. The highest BCUT2D eigenvalue weighted by Gasteiger charge is 2.23. The van der Waals surface area contributed by atoms with Gasteiger partial charge in [0.25, 0.3) is 0 Å². The first-order chi connectivity index (χ1) is 26.4. The molecule has 5 heteroatoms. The molecule has 0 aliphatic heterocycles. The van der Waals surface area contributed by atoms with Gasteiger partial charge in [-0.15, -0.1) is 0 Å². The van der Waals surface area contributed by atoms with Gasteiger partial charge in [0.15, 0.2) is 5.97 Å². The van der Waals surface area contributed by atoms with E-state index >= 15 is 0 Å². The maximum absolute atomic E-state index is 9.04. The summed E-state index contributed by atoms with van der Waals surface area (Å²) < 4.78 is 1.44.